The molecule has 0 aliphatic rings. The van der Waals surface area contributed by atoms with Crippen molar-refractivity contribution in [3.8, 4) is 0 Å². The molecule has 0 saturated heterocycles. The van der Waals surface area contributed by atoms with Gasteiger partial charge in [-0.2, -0.15) is 0 Å². The fraction of sp³-hybridized carbons (Fsp3) is 0. The molecule has 0 aliphatic heterocycles. The van der Waals surface area contributed by atoms with Crippen LogP contribution in [0.1, 0.15) is 20.7 Å². The van der Waals surface area contributed by atoms with Gasteiger partial charge in [0.25, 0.3) is 0 Å². The van der Waals surface area contributed by atoms with Crippen LogP contribution in [0.25, 0.3) is 0 Å². The van der Waals surface area contributed by atoms with Gasteiger partial charge in [-0.05, 0) is 6.07 Å². The zero-order chi connectivity index (χ0) is 9.14. The van der Waals surface area contributed by atoms with Gasteiger partial charge in [0.1, 0.15) is 0 Å². The van der Waals surface area contributed by atoms with Crippen molar-refractivity contribution < 1.29 is 9.59 Å². The van der Waals surface area contributed by atoms with E-state index in [0.29, 0.717) is 0 Å². The molecule has 3 nitrogen and oxygen atoms in total. The smallest absolute Gasteiger partial charge is 0.0438 e. The van der Waals surface area contributed by atoms with E-state index in [1.165, 1.54) is 18.5 Å². The molecule has 0 N–H and O–H groups in total. The minimum Gasteiger partial charge on any atom is -0.737 e. The zero-order valence-corrected chi connectivity index (χ0v) is 7.45. The predicted molar refractivity (Wildman–Crippen MR) is 47.6 cm³/mol. The average Bonchev–Trinajstić information content (AvgIpc) is 2.04. The van der Waals surface area contributed by atoms with Crippen LogP contribution in [0.5, 0.6) is 0 Å². The van der Waals surface area contributed by atoms with Gasteiger partial charge in [-0.3, -0.25) is 4.98 Å². The van der Waals surface area contributed by atoms with Gasteiger partial charge in [0, 0.05) is 33.8 Å². The molecular weight excluding hydrogens is 194 g/mol. The van der Waals surface area contributed by atoms with Gasteiger partial charge in [-0.1, -0.05) is 0 Å². The molecule has 0 radical (unpaired) electrons. The standard InChI is InChI=1S/C7H5NO2S2/c9-6(11)4-1-5(7(10)12)3-8-2-4/h1-3H,(H,9,11)(H,10,12)/p-2. The SMILES string of the molecule is O=C([S-])c1cncc(C(=O)[S-])c1. The molecule has 5 heteroatoms. The quantitative estimate of drug-likeness (QED) is 0.644. The van der Waals surface area contributed by atoms with Gasteiger partial charge < -0.3 is 34.8 Å². The Bertz CT molecular complexity index is 309. The molecule has 0 saturated carbocycles. The summed E-state index contributed by atoms with van der Waals surface area (Å²) in [6.07, 6.45) is 2.61. The Balaban J connectivity index is 3.12. The van der Waals surface area contributed by atoms with Crippen LogP contribution in [0.4, 0.5) is 0 Å². The summed E-state index contributed by atoms with van der Waals surface area (Å²) in [6.45, 7) is 0. The summed E-state index contributed by atoms with van der Waals surface area (Å²) in [5, 5.41) is -1.08. The monoisotopic (exact) mass is 197 g/mol. The van der Waals surface area contributed by atoms with E-state index in [1.54, 1.807) is 0 Å². The first kappa shape index (κ1) is 9.02. The molecule has 0 fully saturated rings. The lowest BCUT2D eigenvalue weighted by molar-refractivity contribution is 0.108. The Morgan fingerprint density at radius 1 is 1.08 bits per heavy atom. The van der Waals surface area contributed by atoms with Gasteiger partial charge in [0.15, 0.2) is 0 Å². The molecule has 1 rings (SSSR count). The normalized spacial score (nSPS) is 9.33. The van der Waals surface area contributed by atoms with Crippen LogP contribution < -0.4 is 0 Å². The van der Waals surface area contributed by atoms with Gasteiger partial charge in [0.05, 0.1) is 0 Å². The maximum Gasteiger partial charge on any atom is 0.0438 e. The highest BCUT2D eigenvalue weighted by atomic mass is 32.1. The van der Waals surface area contributed by atoms with E-state index in [4.69, 9.17) is 0 Å². The molecule has 0 aromatic carbocycles. The van der Waals surface area contributed by atoms with Gasteiger partial charge in [-0.15, -0.1) is 0 Å². The first-order valence-electron chi connectivity index (χ1n) is 2.99. The number of rotatable bonds is 2. The maximum absolute atomic E-state index is 10.6. The van der Waals surface area contributed by atoms with Crippen LogP contribution in [0.15, 0.2) is 18.5 Å². The summed E-state index contributed by atoms with van der Waals surface area (Å²) in [4.78, 5) is 25.0. The molecule has 0 unspecified atom stereocenters. The minimum atomic E-state index is -0.541. The van der Waals surface area contributed by atoms with E-state index >= 15 is 0 Å². The molecule has 0 bridgehead atoms. The van der Waals surface area contributed by atoms with E-state index in [1.807, 2.05) is 0 Å². The minimum absolute atomic E-state index is 0.223. The molecule has 0 aliphatic carbocycles. The molecule has 0 amide bonds. The predicted octanol–water partition coefficient (Wildman–Crippen LogP) is 0.456. The summed E-state index contributed by atoms with van der Waals surface area (Å²) in [6, 6.07) is 1.34. The van der Waals surface area contributed by atoms with Crippen molar-refractivity contribution in [1.82, 2.24) is 4.98 Å². The van der Waals surface area contributed by atoms with Crippen LogP contribution in [0.3, 0.4) is 0 Å². The molecule has 1 heterocycles. The lowest BCUT2D eigenvalue weighted by Gasteiger charge is -2.07. The van der Waals surface area contributed by atoms with Crippen LogP contribution >= 0.6 is 0 Å². The Morgan fingerprint density at radius 3 is 1.83 bits per heavy atom. The highest BCUT2D eigenvalue weighted by Gasteiger charge is 1.96. The van der Waals surface area contributed by atoms with Crippen LogP contribution in [0.2, 0.25) is 0 Å². The maximum atomic E-state index is 10.6. The third-order valence-electron chi connectivity index (χ3n) is 1.21. The van der Waals surface area contributed by atoms with Gasteiger partial charge in [-0.25, -0.2) is 0 Å². The highest BCUT2D eigenvalue weighted by Crippen LogP contribution is 2.03. The fourth-order valence-electron chi connectivity index (χ4n) is 0.663. The number of nitrogens with zero attached hydrogens (tertiary/aromatic N) is 1. The Labute approximate surface area is 80.0 Å². The van der Waals surface area contributed by atoms with E-state index in [0.717, 1.165) is 0 Å². The summed E-state index contributed by atoms with van der Waals surface area (Å²) >= 11 is 8.73. The third kappa shape index (κ3) is 1.96. The second kappa shape index (κ2) is 3.55. The number of hydrogen-bond acceptors (Lipinski definition) is 5. The van der Waals surface area contributed by atoms with Crippen molar-refractivity contribution in [2.24, 2.45) is 0 Å². The lowest BCUT2D eigenvalue weighted by Crippen LogP contribution is -1.99. The Morgan fingerprint density at radius 2 is 1.50 bits per heavy atom. The summed E-state index contributed by atoms with van der Waals surface area (Å²) in [5.74, 6) is 0. The van der Waals surface area contributed by atoms with Gasteiger partial charge >= 0.3 is 0 Å². The van der Waals surface area contributed by atoms with Crippen LogP contribution in [0, 0.1) is 0 Å². The molecule has 1 aromatic rings. The molecule has 0 spiro atoms. The van der Waals surface area contributed by atoms with E-state index in [2.05, 4.69) is 30.2 Å². The molecule has 12 heavy (non-hydrogen) atoms. The fourth-order valence-corrected chi connectivity index (χ4v) is 0.886. The number of pyridine rings is 1. The Hall–Kier alpha value is -1.07. The third-order valence-corrected chi connectivity index (χ3v) is 1.68. The van der Waals surface area contributed by atoms with Crippen molar-refractivity contribution in [2.45, 2.75) is 0 Å². The molecule has 0 atom stereocenters. The first-order chi connectivity index (χ1) is 5.61. The average molecular weight is 197 g/mol. The lowest BCUT2D eigenvalue weighted by atomic mass is 10.2. The number of hydrogen-bond donors (Lipinski definition) is 0. The Kier molecular flexibility index (Phi) is 2.67. The van der Waals surface area contributed by atoms with E-state index < -0.39 is 10.2 Å². The molecular formula is C7H3NO2S2-2. The van der Waals surface area contributed by atoms with Crippen molar-refractivity contribution in [3.05, 3.63) is 29.6 Å². The number of aromatic nitrogens is 1. The highest BCUT2D eigenvalue weighted by molar-refractivity contribution is 7.78. The second-order valence-electron chi connectivity index (χ2n) is 2.04. The zero-order valence-electron chi connectivity index (χ0n) is 5.81. The van der Waals surface area contributed by atoms with Crippen LogP contribution in [-0.4, -0.2) is 15.2 Å². The number of carbonyl (C=O) groups is 2. The van der Waals surface area contributed by atoms with E-state index in [-0.39, 0.29) is 11.1 Å². The molecule has 62 valence electrons. The van der Waals surface area contributed by atoms with Crippen molar-refractivity contribution in [1.29, 1.82) is 0 Å². The summed E-state index contributed by atoms with van der Waals surface area (Å²) in [5.41, 5.74) is 0.446. The second-order valence-corrected chi connectivity index (χ2v) is 2.78. The topological polar surface area (TPSA) is 47.0 Å². The van der Waals surface area contributed by atoms with E-state index in [9.17, 15) is 9.59 Å². The van der Waals surface area contributed by atoms with Gasteiger partial charge in [0.2, 0.25) is 0 Å². The van der Waals surface area contributed by atoms with Crippen molar-refractivity contribution in [3.63, 3.8) is 0 Å². The first-order valence-corrected chi connectivity index (χ1v) is 3.80. The largest absolute Gasteiger partial charge is 0.737 e. The summed E-state index contributed by atoms with van der Waals surface area (Å²) in [7, 11) is 0. The number of carbonyl (C=O) groups excluding carboxylic acids is 2. The van der Waals surface area contributed by atoms with Crippen LogP contribution in [-0.2, 0) is 25.3 Å². The summed E-state index contributed by atoms with van der Waals surface area (Å²) < 4.78 is 0. The molecule has 1 aromatic heterocycles. The van der Waals surface area contributed by atoms with Crippen molar-refractivity contribution >= 4 is 35.5 Å². The van der Waals surface area contributed by atoms with Crippen molar-refractivity contribution in [2.75, 3.05) is 0 Å².